The van der Waals surface area contributed by atoms with Crippen LogP contribution < -0.4 is 5.32 Å². The Hall–Kier alpha value is -2.66. The molecule has 1 saturated heterocycles. The zero-order chi connectivity index (χ0) is 21.4. The van der Waals surface area contributed by atoms with Crippen LogP contribution in [0.25, 0.3) is 10.9 Å². The summed E-state index contributed by atoms with van der Waals surface area (Å²) in [6, 6.07) is 12.7. The third-order valence-electron chi connectivity index (χ3n) is 6.70. The number of rotatable bonds is 5. The van der Waals surface area contributed by atoms with E-state index in [0.717, 1.165) is 51.0 Å². The third kappa shape index (κ3) is 3.99. The van der Waals surface area contributed by atoms with Crippen molar-refractivity contribution in [3.8, 4) is 0 Å². The molecule has 0 spiro atoms. The monoisotopic (exact) mass is 416 g/mol. The molecule has 1 amide bonds. The first-order chi connectivity index (χ1) is 15.1. The molecule has 2 unspecified atom stereocenters. The highest BCUT2D eigenvalue weighted by Gasteiger charge is 2.33. The number of carbonyl (C=O) groups excluding carboxylic acids is 1. The van der Waals surface area contributed by atoms with E-state index in [-0.39, 0.29) is 18.0 Å². The summed E-state index contributed by atoms with van der Waals surface area (Å²) in [5, 5.41) is 5.10. The van der Waals surface area contributed by atoms with E-state index in [0.29, 0.717) is 5.92 Å². The maximum absolute atomic E-state index is 13.4. The van der Waals surface area contributed by atoms with Gasteiger partial charge in [-0.05, 0) is 60.9 Å². The van der Waals surface area contributed by atoms with Crippen LogP contribution in [-0.2, 0) is 17.8 Å². The Bertz CT molecular complexity index is 1070. The van der Waals surface area contributed by atoms with Crippen LogP contribution in [0, 0.1) is 5.92 Å². The highest BCUT2D eigenvalue weighted by atomic mass is 16.2. The maximum atomic E-state index is 13.4. The lowest BCUT2D eigenvalue weighted by Crippen LogP contribution is -2.47. The Morgan fingerprint density at radius 2 is 2.00 bits per heavy atom. The van der Waals surface area contributed by atoms with Crippen LogP contribution in [0.3, 0.4) is 0 Å². The number of carbonyl (C=O) groups is 1. The van der Waals surface area contributed by atoms with E-state index in [1.807, 2.05) is 18.3 Å². The van der Waals surface area contributed by atoms with E-state index >= 15 is 0 Å². The second kappa shape index (κ2) is 8.46. The van der Waals surface area contributed by atoms with Gasteiger partial charge in [0.05, 0.1) is 18.3 Å². The van der Waals surface area contributed by atoms with Gasteiger partial charge in [0.15, 0.2) is 0 Å². The van der Waals surface area contributed by atoms with Crippen LogP contribution in [0.4, 0.5) is 0 Å². The first-order valence-electron chi connectivity index (χ1n) is 11.7. The van der Waals surface area contributed by atoms with Crippen molar-refractivity contribution >= 4 is 16.8 Å². The van der Waals surface area contributed by atoms with E-state index in [2.05, 4.69) is 64.1 Å². The summed E-state index contributed by atoms with van der Waals surface area (Å²) in [6.07, 6.45) is 8.12. The predicted octanol–water partition coefficient (Wildman–Crippen LogP) is 4.31. The van der Waals surface area contributed by atoms with Gasteiger partial charge in [-0.3, -0.25) is 15.1 Å². The van der Waals surface area contributed by atoms with Gasteiger partial charge in [-0.2, -0.15) is 0 Å². The number of amides is 1. The van der Waals surface area contributed by atoms with Gasteiger partial charge in [0.1, 0.15) is 0 Å². The molecule has 0 bridgehead atoms. The number of nitrogens with zero attached hydrogens (tertiary/aromatic N) is 3. The van der Waals surface area contributed by atoms with Gasteiger partial charge < -0.3 is 9.47 Å². The van der Waals surface area contributed by atoms with Crippen molar-refractivity contribution in [2.24, 2.45) is 5.92 Å². The molecular weight excluding hydrogens is 384 g/mol. The summed E-state index contributed by atoms with van der Waals surface area (Å²) in [7, 11) is 0. The standard InChI is InChI=1S/C26H32N4O/c1-18(2)14-22-21-9-7-10-24-25(21)19(16-30(24)17-20-8-3-4-11-27-20)15-23(28-22)26(31)29-12-5-6-13-29/h3-4,7-11,16,18,22-23,28H,5-6,12-15,17H2,1-2H3. The molecule has 3 aromatic rings. The Morgan fingerprint density at radius 1 is 1.16 bits per heavy atom. The van der Waals surface area contributed by atoms with Crippen LogP contribution in [0.15, 0.2) is 48.8 Å². The molecule has 2 aliphatic rings. The molecule has 5 nitrogen and oxygen atoms in total. The maximum Gasteiger partial charge on any atom is 0.240 e. The Morgan fingerprint density at radius 3 is 2.74 bits per heavy atom. The largest absolute Gasteiger partial charge is 0.341 e. The van der Waals surface area contributed by atoms with Gasteiger partial charge in [0.25, 0.3) is 0 Å². The number of aromatic nitrogens is 2. The molecule has 0 saturated carbocycles. The normalized spacial score (nSPS) is 21.1. The molecule has 162 valence electrons. The summed E-state index contributed by atoms with van der Waals surface area (Å²) in [6.45, 7) is 7.06. The fraction of sp³-hybridized carbons (Fsp3) is 0.462. The Labute approximate surface area is 184 Å². The zero-order valence-corrected chi connectivity index (χ0v) is 18.6. The number of hydrogen-bond donors (Lipinski definition) is 1. The van der Waals surface area contributed by atoms with Crippen LogP contribution >= 0.6 is 0 Å². The minimum absolute atomic E-state index is 0.164. The van der Waals surface area contributed by atoms with Crippen LogP contribution in [0.1, 0.15) is 56.0 Å². The third-order valence-corrected chi connectivity index (χ3v) is 6.70. The van der Waals surface area contributed by atoms with Gasteiger partial charge >= 0.3 is 0 Å². The van der Waals surface area contributed by atoms with Gasteiger partial charge in [0.2, 0.25) is 5.91 Å². The molecule has 1 aromatic carbocycles. The van der Waals surface area contributed by atoms with Crippen molar-refractivity contribution in [2.75, 3.05) is 13.1 Å². The second-order valence-corrected chi connectivity index (χ2v) is 9.48. The second-order valence-electron chi connectivity index (χ2n) is 9.48. The van der Waals surface area contributed by atoms with E-state index in [9.17, 15) is 4.79 Å². The molecular formula is C26H32N4O. The molecule has 2 aromatic heterocycles. The lowest BCUT2D eigenvalue weighted by molar-refractivity contribution is -0.132. The minimum Gasteiger partial charge on any atom is -0.341 e. The highest BCUT2D eigenvalue weighted by molar-refractivity contribution is 5.90. The molecule has 5 rings (SSSR count). The minimum atomic E-state index is -0.164. The highest BCUT2D eigenvalue weighted by Crippen LogP contribution is 2.36. The van der Waals surface area contributed by atoms with E-state index in [1.54, 1.807) is 0 Å². The number of benzene rings is 1. The smallest absolute Gasteiger partial charge is 0.240 e. The topological polar surface area (TPSA) is 50.2 Å². The summed E-state index contributed by atoms with van der Waals surface area (Å²) >= 11 is 0. The SMILES string of the molecule is CC(C)CC1NC(C(=O)N2CCCC2)Cc2cn(Cc3ccccn3)c3cccc1c23. The fourth-order valence-corrected chi connectivity index (χ4v) is 5.31. The van der Waals surface area contributed by atoms with E-state index < -0.39 is 0 Å². The lowest BCUT2D eigenvalue weighted by atomic mass is 9.94. The van der Waals surface area contributed by atoms with Crippen molar-refractivity contribution in [1.29, 1.82) is 0 Å². The van der Waals surface area contributed by atoms with Crippen LogP contribution in [-0.4, -0.2) is 39.5 Å². The summed E-state index contributed by atoms with van der Waals surface area (Å²) in [5.74, 6) is 0.817. The molecule has 4 heterocycles. The number of pyridine rings is 1. The van der Waals surface area contributed by atoms with Crippen molar-refractivity contribution in [1.82, 2.24) is 19.8 Å². The fourth-order valence-electron chi connectivity index (χ4n) is 5.31. The molecule has 2 atom stereocenters. The number of likely N-dealkylation sites (tertiary alicyclic amines) is 1. The van der Waals surface area contributed by atoms with Gasteiger partial charge in [0, 0.05) is 42.4 Å². The molecule has 0 radical (unpaired) electrons. The first kappa shape index (κ1) is 20.3. The van der Waals surface area contributed by atoms with Gasteiger partial charge in [-0.25, -0.2) is 0 Å². The van der Waals surface area contributed by atoms with Gasteiger partial charge in [-0.15, -0.1) is 0 Å². The summed E-state index contributed by atoms with van der Waals surface area (Å²) in [4.78, 5) is 20.0. The predicted molar refractivity (Wildman–Crippen MR) is 124 cm³/mol. The van der Waals surface area contributed by atoms with Crippen LogP contribution in [0.2, 0.25) is 0 Å². The number of nitrogens with one attached hydrogen (secondary N) is 1. The molecule has 5 heteroatoms. The number of hydrogen-bond acceptors (Lipinski definition) is 3. The Kier molecular flexibility index (Phi) is 5.53. The average Bonchev–Trinajstić information content (AvgIpc) is 3.38. The summed E-state index contributed by atoms with van der Waals surface area (Å²) < 4.78 is 2.31. The van der Waals surface area contributed by atoms with E-state index in [4.69, 9.17) is 0 Å². The Balaban J connectivity index is 1.57. The average molecular weight is 417 g/mol. The van der Waals surface area contributed by atoms with Gasteiger partial charge in [-0.1, -0.05) is 32.0 Å². The molecule has 0 aliphatic carbocycles. The van der Waals surface area contributed by atoms with E-state index in [1.165, 1.54) is 22.0 Å². The quantitative estimate of drug-likeness (QED) is 0.674. The lowest BCUT2D eigenvalue weighted by Gasteiger charge is -2.28. The summed E-state index contributed by atoms with van der Waals surface area (Å²) in [5.41, 5.74) is 4.90. The van der Waals surface area contributed by atoms with Crippen molar-refractivity contribution in [3.05, 3.63) is 65.6 Å². The first-order valence-corrected chi connectivity index (χ1v) is 11.7. The molecule has 1 N–H and O–H groups in total. The van der Waals surface area contributed by atoms with Crippen molar-refractivity contribution < 1.29 is 4.79 Å². The molecule has 31 heavy (non-hydrogen) atoms. The van der Waals surface area contributed by atoms with Crippen LogP contribution in [0.5, 0.6) is 0 Å². The molecule has 2 aliphatic heterocycles. The molecule has 1 fully saturated rings. The zero-order valence-electron chi connectivity index (χ0n) is 18.6. The van der Waals surface area contributed by atoms with Crippen molar-refractivity contribution in [2.45, 2.75) is 58.2 Å². The van der Waals surface area contributed by atoms with Crippen molar-refractivity contribution in [3.63, 3.8) is 0 Å².